The normalized spacial score (nSPS) is 14.7. The molecule has 54 heavy (non-hydrogen) atoms. The first-order valence-corrected chi connectivity index (χ1v) is 21.7. The topological polar surface area (TPSA) is 9.72 Å². The van der Waals surface area contributed by atoms with E-state index in [1.165, 1.54) is 64.4 Å². The molecular weight excluding hydrogens is 693 g/mol. The Morgan fingerprint density at radius 3 is 1.69 bits per heavy atom. The van der Waals surface area contributed by atoms with Crippen molar-refractivity contribution >= 4 is 95.0 Å². The van der Waals surface area contributed by atoms with Crippen LogP contribution in [0, 0.1) is 0 Å². The van der Waals surface area contributed by atoms with E-state index in [-0.39, 0.29) is 6.71 Å². The fourth-order valence-corrected chi connectivity index (χ4v) is 13.9. The highest BCUT2D eigenvalue weighted by Crippen LogP contribution is 2.72. The van der Waals surface area contributed by atoms with Crippen LogP contribution in [0.1, 0.15) is 0 Å². The Morgan fingerprint density at radius 1 is 0.519 bits per heavy atom. The molecule has 3 aliphatic heterocycles. The van der Waals surface area contributed by atoms with Crippen molar-refractivity contribution in [3.8, 4) is 10.4 Å². The lowest BCUT2D eigenvalue weighted by molar-refractivity contribution is 1.22. The van der Waals surface area contributed by atoms with E-state index >= 15 is 0 Å². The second-order valence-electron chi connectivity index (χ2n) is 14.5. The molecule has 8 aromatic rings. The second-order valence-corrected chi connectivity index (χ2v) is 19.1. The van der Waals surface area contributed by atoms with E-state index in [9.17, 15) is 0 Å². The van der Waals surface area contributed by atoms with Gasteiger partial charge in [-0.05, 0) is 96.2 Å². The summed E-state index contributed by atoms with van der Waals surface area (Å²) < 4.78 is 1.43. The number of fused-ring (bicyclic) bond motifs is 8. The van der Waals surface area contributed by atoms with Crippen LogP contribution >= 0.6 is 21.4 Å². The zero-order valence-corrected chi connectivity index (χ0v) is 31.7. The van der Waals surface area contributed by atoms with E-state index < -0.39 is 10.0 Å². The largest absolute Gasteiger partial charge is 0.311 e. The number of hydrogen-bond donors (Lipinski definition) is 0. The van der Waals surface area contributed by atoms with Gasteiger partial charge in [-0.3, -0.25) is 0 Å². The zero-order chi connectivity index (χ0) is 36.0. The van der Waals surface area contributed by atoms with Gasteiger partial charge in [0.25, 0.3) is 6.71 Å². The van der Waals surface area contributed by atoms with Crippen molar-refractivity contribution in [2.45, 2.75) is 9.79 Å². The molecule has 0 unspecified atom stereocenters. The van der Waals surface area contributed by atoms with Gasteiger partial charge in [0.05, 0.1) is 11.4 Å². The third kappa shape index (κ3) is 4.51. The maximum Gasteiger partial charge on any atom is 0.264 e. The molecule has 0 saturated carbocycles. The SMILES string of the molecule is CS1(C)c2ccccc2-c2sc3c(c21)N(c1ccccc1)c1cc(N(c2ccccc2)c2ccccc2)cc2c1B3c1ccccc1N2c1ccccc1. The minimum Gasteiger partial charge on any atom is -0.311 e. The van der Waals surface area contributed by atoms with Crippen LogP contribution in [0.3, 0.4) is 0 Å². The fourth-order valence-electron chi connectivity index (χ4n) is 9.01. The summed E-state index contributed by atoms with van der Waals surface area (Å²) in [5, 5.41) is 0. The summed E-state index contributed by atoms with van der Waals surface area (Å²) >= 11 is 2.02. The van der Waals surface area contributed by atoms with Gasteiger partial charge in [0, 0.05) is 64.8 Å². The Hall–Kier alpha value is -5.95. The Balaban J connectivity index is 1.29. The maximum absolute atomic E-state index is 2.62. The first kappa shape index (κ1) is 31.6. The van der Waals surface area contributed by atoms with Crippen LogP contribution in [0.25, 0.3) is 10.4 Å². The molecule has 0 saturated heterocycles. The van der Waals surface area contributed by atoms with Crippen molar-refractivity contribution in [2.24, 2.45) is 0 Å². The van der Waals surface area contributed by atoms with Crippen LogP contribution in [0.5, 0.6) is 0 Å². The Morgan fingerprint density at radius 2 is 1.04 bits per heavy atom. The van der Waals surface area contributed by atoms with Crippen molar-refractivity contribution in [1.82, 2.24) is 0 Å². The predicted molar refractivity (Wildman–Crippen MR) is 234 cm³/mol. The number of rotatable bonds is 5. The molecule has 3 aliphatic rings. The minimum absolute atomic E-state index is 0.0787. The quantitative estimate of drug-likeness (QED) is 0.163. The molecule has 7 aromatic carbocycles. The van der Waals surface area contributed by atoms with Crippen molar-refractivity contribution in [1.29, 1.82) is 0 Å². The van der Waals surface area contributed by atoms with Crippen LogP contribution in [0.15, 0.2) is 192 Å². The molecule has 0 bridgehead atoms. The van der Waals surface area contributed by atoms with Gasteiger partial charge in [0.15, 0.2) is 0 Å². The van der Waals surface area contributed by atoms with E-state index in [1.54, 1.807) is 0 Å². The highest BCUT2D eigenvalue weighted by molar-refractivity contribution is 8.33. The van der Waals surface area contributed by atoms with Crippen molar-refractivity contribution in [3.63, 3.8) is 0 Å². The molecule has 258 valence electrons. The number of nitrogens with zero attached hydrogens (tertiary/aromatic N) is 3. The van der Waals surface area contributed by atoms with Gasteiger partial charge < -0.3 is 14.7 Å². The smallest absolute Gasteiger partial charge is 0.264 e. The lowest BCUT2D eigenvalue weighted by Crippen LogP contribution is -2.60. The molecule has 0 aliphatic carbocycles. The van der Waals surface area contributed by atoms with Crippen LogP contribution in [0.2, 0.25) is 0 Å². The Kier molecular flexibility index (Phi) is 7.04. The number of para-hydroxylation sites is 5. The van der Waals surface area contributed by atoms with Gasteiger partial charge >= 0.3 is 0 Å². The molecule has 1 aromatic heterocycles. The highest BCUT2D eigenvalue weighted by Gasteiger charge is 2.49. The first-order valence-electron chi connectivity index (χ1n) is 18.5. The van der Waals surface area contributed by atoms with E-state index in [0.717, 1.165) is 22.7 Å². The van der Waals surface area contributed by atoms with Crippen molar-refractivity contribution in [2.75, 3.05) is 27.2 Å². The third-order valence-corrected chi connectivity index (χ3v) is 15.5. The molecule has 4 heterocycles. The van der Waals surface area contributed by atoms with Crippen LogP contribution in [0.4, 0.5) is 51.2 Å². The summed E-state index contributed by atoms with van der Waals surface area (Å²) in [5.41, 5.74) is 14.8. The van der Waals surface area contributed by atoms with E-state index in [1.807, 2.05) is 11.3 Å². The monoisotopic (exact) mass is 729 g/mol. The summed E-state index contributed by atoms with van der Waals surface area (Å²) in [7, 11) is -1.33. The molecule has 0 fully saturated rings. The molecule has 0 atom stereocenters. The fraction of sp³-hybridized carbons (Fsp3) is 0.0417. The van der Waals surface area contributed by atoms with E-state index in [4.69, 9.17) is 0 Å². The molecule has 0 radical (unpaired) electrons. The van der Waals surface area contributed by atoms with Crippen molar-refractivity contribution in [3.05, 3.63) is 182 Å². The average molecular weight is 730 g/mol. The zero-order valence-electron chi connectivity index (χ0n) is 30.1. The molecule has 0 amide bonds. The molecule has 0 spiro atoms. The highest BCUT2D eigenvalue weighted by atomic mass is 32.3. The second kappa shape index (κ2) is 12.0. The summed E-state index contributed by atoms with van der Waals surface area (Å²) in [4.78, 5) is 12.0. The first-order chi connectivity index (χ1) is 26.6. The van der Waals surface area contributed by atoms with Gasteiger partial charge in [-0.25, -0.2) is 0 Å². The van der Waals surface area contributed by atoms with Crippen LogP contribution < -0.4 is 30.4 Å². The average Bonchev–Trinajstić information content (AvgIpc) is 3.73. The van der Waals surface area contributed by atoms with Gasteiger partial charge in [-0.2, -0.15) is 10.0 Å². The number of anilines is 9. The Labute approximate surface area is 322 Å². The molecule has 3 nitrogen and oxygen atoms in total. The number of hydrogen-bond acceptors (Lipinski definition) is 4. The third-order valence-electron chi connectivity index (χ3n) is 11.2. The summed E-state index contributed by atoms with van der Waals surface area (Å²) in [6, 6.07) is 66.7. The minimum atomic E-state index is -1.33. The van der Waals surface area contributed by atoms with Crippen LogP contribution in [-0.2, 0) is 0 Å². The van der Waals surface area contributed by atoms with Gasteiger partial charge in [0.1, 0.15) is 0 Å². The van der Waals surface area contributed by atoms with Gasteiger partial charge in [-0.1, -0.05) is 109 Å². The lowest BCUT2D eigenvalue weighted by atomic mass is 9.36. The van der Waals surface area contributed by atoms with Crippen molar-refractivity contribution < 1.29 is 0 Å². The van der Waals surface area contributed by atoms with Gasteiger partial charge in [0.2, 0.25) is 0 Å². The standard InChI is InChI=1S/C48H36BN3S2/c1-54(2)43-30-18-15-27-38(43)46-47(54)45-48(53-46)49-39-28-16-17-29-40(39)51(35-23-11-5-12-24-35)41-31-37(32-42(44(41)49)52(45)36-25-13-6-14-26-36)50(33-19-7-3-8-20-33)34-21-9-4-10-22-34/h3-32H,1-2H3. The molecule has 6 heteroatoms. The van der Waals surface area contributed by atoms with E-state index in [2.05, 4.69) is 209 Å². The lowest BCUT2D eigenvalue weighted by Gasteiger charge is -2.45. The number of thiophene rings is 1. The Bertz CT molecular complexity index is 2670. The summed E-state index contributed by atoms with van der Waals surface area (Å²) in [6.07, 6.45) is 5.01. The predicted octanol–water partition coefficient (Wildman–Crippen LogP) is 11.8. The molecular formula is C48H36BN3S2. The molecule has 0 N–H and O–H groups in total. The summed E-state index contributed by atoms with van der Waals surface area (Å²) in [6.45, 7) is 0.0787. The maximum atomic E-state index is 2.62. The van der Waals surface area contributed by atoms with E-state index in [0.29, 0.717) is 0 Å². The molecule has 11 rings (SSSR count). The summed E-state index contributed by atoms with van der Waals surface area (Å²) in [5.74, 6) is 0. The van der Waals surface area contributed by atoms with Gasteiger partial charge in [-0.15, -0.1) is 11.3 Å². The van der Waals surface area contributed by atoms with Crippen LogP contribution in [-0.4, -0.2) is 19.2 Å². The number of benzene rings is 7.